The minimum absolute atomic E-state index is 0.378. The van der Waals surface area contributed by atoms with Crippen molar-refractivity contribution in [2.24, 2.45) is 0 Å². The third kappa shape index (κ3) is 7.64. The van der Waals surface area contributed by atoms with Crippen LogP contribution in [0.15, 0.2) is 48.5 Å². The molecule has 202 valence electrons. The van der Waals surface area contributed by atoms with Crippen LogP contribution in [0.1, 0.15) is 107 Å². The largest absolute Gasteiger partial charge is 0.300 e. The van der Waals surface area contributed by atoms with E-state index in [1.54, 1.807) is 6.07 Å². The lowest BCUT2D eigenvalue weighted by molar-refractivity contribution is 0.161. The molecule has 0 radical (unpaired) electrons. The Kier molecular flexibility index (Phi) is 11.1. The summed E-state index contributed by atoms with van der Waals surface area (Å²) in [4.78, 5) is 2.57. The Morgan fingerprint density at radius 3 is 1.84 bits per heavy atom. The van der Waals surface area contributed by atoms with Crippen molar-refractivity contribution >= 4 is 0 Å². The summed E-state index contributed by atoms with van der Waals surface area (Å²) in [7, 11) is 0. The molecule has 2 saturated carbocycles. The molecule has 0 aromatic heterocycles. The lowest BCUT2D eigenvalue weighted by Crippen LogP contribution is -2.36. The normalized spacial score (nSPS) is 18.7. The molecule has 2 fully saturated rings. The fourth-order valence-electron chi connectivity index (χ4n) is 6.40. The van der Waals surface area contributed by atoms with E-state index in [0.717, 1.165) is 81.1 Å². The van der Waals surface area contributed by atoms with Crippen LogP contribution >= 0.6 is 0 Å². The summed E-state index contributed by atoms with van der Waals surface area (Å²) < 4.78 is 32.2. The van der Waals surface area contributed by atoms with Gasteiger partial charge in [-0.15, -0.1) is 0 Å². The zero-order chi connectivity index (χ0) is 26.7. The topological polar surface area (TPSA) is 27.0 Å². The van der Waals surface area contributed by atoms with Crippen molar-refractivity contribution in [2.75, 3.05) is 13.1 Å². The molecule has 0 spiro atoms. The highest BCUT2D eigenvalue weighted by Gasteiger charge is 2.42. The van der Waals surface area contributed by atoms with Gasteiger partial charge in [-0.1, -0.05) is 55.5 Å². The average molecular weight is 509 g/mol. The molecule has 0 amide bonds. The second kappa shape index (κ2) is 14.1. The summed E-state index contributed by atoms with van der Waals surface area (Å²) in [5, 5.41) is 7.32. The van der Waals surface area contributed by atoms with Crippen LogP contribution in [-0.2, 0) is 24.2 Å². The van der Waals surface area contributed by atoms with Crippen LogP contribution in [0.3, 0.4) is 0 Å². The van der Waals surface area contributed by atoms with Crippen LogP contribution in [0.4, 0.5) is 8.78 Å². The average Bonchev–Trinajstić information content (AvgIpc) is 3.55. The zero-order valence-electron chi connectivity index (χ0n) is 23.2. The van der Waals surface area contributed by atoms with E-state index >= 15 is 8.78 Å². The van der Waals surface area contributed by atoms with Crippen molar-refractivity contribution in [3.63, 3.8) is 0 Å². The molecule has 2 nitrogen and oxygen atoms in total. The fraction of sp³-hybridized carbons (Fsp3) is 0.606. The first-order valence-electron chi connectivity index (χ1n) is 14.5. The van der Waals surface area contributed by atoms with Gasteiger partial charge in [-0.05, 0) is 113 Å². The fourth-order valence-corrected chi connectivity index (χ4v) is 6.40. The Morgan fingerprint density at radius 2 is 1.35 bits per heavy atom. The molecule has 37 heavy (non-hydrogen) atoms. The molecule has 0 aliphatic heterocycles. The van der Waals surface area contributed by atoms with Gasteiger partial charge in [0.15, 0.2) is 0 Å². The monoisotopic (exact) mass is 508 g/mol. The van der Waals surface area contributed by atoms with Gasteiger partial charge >= 0.3 is 0 Å². The number of nitriles is 1. The molecule has 0 bridgehead atoms. The summed E-state index contributed by atoms with van der Waals surface area (Å²) >= 11 is 0. The predicted octanol–water partition coefficient (Wildman–Crippen LogP) is 8.97. The van der Waals surface area contributed by atoms with Gasteiger partial charge in [-0.2, -0.15) is 5.26 Å². The van der Waals surface area contributed by atoms with Crippen LogP contribution < -0.4 is 0 Å². The van der Waals surface area contributed by atoms with Crippen molar-refractivity contribution in [2.45, 2.75) is 115 Å². The first-order valence-corrected chi connectivity index (χ1v) is 14.5. The van der Waals surface area contributed by atoms with Gasteiger partial charge in [0.25, 0.3) is 0 Å². The molecule has 1 unspecified atom stereocenters. The molecule has 0 heterocycles. The molecule has 2 aliphatic rings. The number of nitrogens with zero attached hydrogens (tertiary/aromatic N) is 2. The maximum Gasteiger partial charge on any atom is 0.136 e. The molecule has 0 N–H and O–H groups in total. The SMILES string of the molecule is CC#N.CCCN(CCc1ccccc1)C(C)CCc1c(C2(F)CCCC2)cccc1C1(F)CCCC1. The predicted molar refractivity (Wildman–Crippen MR) is 150 cm³/mol. The second-order valence-corrected chi connectivity index (χ2v) is 11.1. The lowest BCUT2D eigenvalue weighted by atomic mass is 9.80. The lowest BCUT2D eigenvalue weighted by Gasteiger charge is -2.32. The quantitative estimate of drug-likeness (QED) is 0.303. The zero-order valence-corrected chi connectivity index (χ0v) is 23.2. The molecule has 2 aromatic rings. The summed E-state index contributed by atoms with van der Waals surface area (Å²) in [6, 6.07) is 18.6. The Labute approximate surface area is 224 Å². The summed E-state index contributed by atoms with van der Waals surface area (Å²) in [6.45, 7) is 8.04. The van der Waals surface area contributed by atoms with Crippen molar-refractivity contribution in [1.29, 1.82) is 5.26 Å². The highest BCUT2D eigenvalue weighted by Crippen LogP contribution is 2.49. The highest BCUT2D eigenvalue weighted by molar-refractivity contribution is 5.43. The van der Waals surface area contributed by atoms with Crippen LogP contribution in [0.25, 0.3) is 0 Å². The number of alkyl halides is 2. The van der Waals surface area contributed by atoms with Gasteiger partial charge in [0, 0.05) is 19.5 Å². The molecule has 0 saturated heterocycles. The third-order valence-electron chi connectivity index (χ3n) is 8.41. The van der Waals surface area contributed by atoms with E-state index in [1.165, 1.54) is 12.5 Å². The summed E-state index contributed by atoms with van der Waals surface area (Å²) in [6.07, 6.45) is 9.89. The van der Waals surface area contributed by atoms with Gasteiger partial charge in [0.2, 0.25) is 0 Å². The molecule has 4 heteroatoms. The molecule has 4 rings (SSSR count). The molecular formula is C33H46F2N2. The Bertz CT molecular complexity index is 945. The van der Waals surface area contributed by atoms with Crippen molar-refractivity contribution in [3.05, 3.63) is 70.8 Å². The van der Waals surface area contributed by atoms with Crippen LogP contribution in [0.5, 0.6) is 0 Å². The summed E-state index contributed by atoms with van der Waals surface area (Å²) in [5.41, 5.74) is 1.39. The number of hydrogen-bond donors (Lipinski definition) is 0. The van der Waals surface area contributed by atoms with E-state index in [2.05, 4.69) is 49.1 Å². The smallest absolute Gasteiger partial charge is 0.136 e. The first kappa shape index (κ1) is 29.3. The maximum absolute atomic E-state index is 16.1. The van der Waals surface area contributed by atoms with Gasteiger partial charge in [0.1, 0.15) is 11.3 Å². The van der Waals surface area contributed by atoms with E-state index in [1.807, 2.05) is 18.2 Å². The van der Waals surface area contributed by atoms with E-state index in [0.29, 0.717) is 31.7 Å². The van der Waals surface area contributed by atoms with Crippen LogP contribution in [0.2, 0.25) is 0 Å². The van der Waals surface area contributed by atoms with E-state index < -0.39 is 11.3 Å². The first-order chi connectivity index (χ1) is 17.9. The Hall–Kier alpha value is -2.25. The van der Waals surface area contributed by atoms with Crippen molar-refractivity contribution < 1.29 is 8.78 Å². The van der Waals surface area contributed by atoms with Gasteiger partial charge in [0.05, 0.1) is 6.07 Å². The molecule has 1 atom stereocenters. The van der Waals surface area contributed by atoms with Crippen molar-refractivity contribution in [3.8, 4) is 6.07 Å². The molecule has 2 aliphatic carbocycles. The van der Waals surface area contributed by atoms with Gasteiger partial charge < -0.3 is 4.90 Å². The second-order valence-electron chi connectivity index (χ2n) is 11.1. The Balaban J connectivity index is 0.00000121. The highest BCUT2D eigenvalue weighted by atomic mass is 19.1. The van der Waals surface area contributed by atoms with E-state index in [-0.39, 0.29) is 0 Å². The van der Waals surface area contributed by atoms with Crippen LogP contribution in [0, 0.1) is 11.3 Å². The minimum atomic E-state index is -1.28. The third-order valence-corrected chi connectivity index (χ3v) is 8.41. The van der Waals surface area contributed by atoms with Crippen LogP contribution in [-0.4, -0.2) is 24.0 Å². The standard InChI is InChI=1S/C31H43F2N.C2H3N/c1-3-23-34(24-18-26-12-5-4-6-13-26)25(2)16-17-27-28(30(32)19-7-8-20-30)14-11-15-29(27)31(33)21-9-10-22-31;1-2-3/h4-6,11-15,25H,3,7-10,16-24H2,1-2H3;1H3. The number of halogens is 2. The number of benzene rings is 2. The number of rotatable bonds is 11. The number of hydrogen-bond acceptors (Lipinski definition) is 2. The minimum Gasteiger partial charge on any atom is -0.300 e. The maximum atomic E-state index is 16.1. The van der Waals surface area contributed by atoms with Gasteiger partial charge in [-0.25, -0.2) is 8.78 Å². The van der Waals surface area contributed by atoms with E-state index in [9.17, 15) is 0 Å². The molecule has 2 aromatic carbocycles. The van der Waals surface area contributed by atoms with E-state index in [4.69, 9.17) is 5.26 Å². The van der Waals surface area contributed by atoms with Gasteiger partial charge in [-0.3, -0.25) is 0 Å². The molecular weight excluding hydrogens is 462 g/mol. The Morgan fingerprint density at radius 1 is 0.838 bits per heavy atom. The summed E-state index contributed by atoms with van der Waals surface area (Å²) in [5.74, 6) is 0. The van der Waals surface area contributed by atoms with Crippen molar-refractivity contribution in [1.82, 2.24) is 4.90 Å².